The van der Waals surface area contributed by atoms with Gasteiger partial charge in [-0.15, -0.1) is 0 Å². The molecule has 2 aromatic carbocycles. The topological polar surface area (TPSA) is 208 Å². The van der Waals surface area contributed by atoms with Crippen molar-refractivity contribution in [3.8, 4) is 11.5 Å². The molecule has 0 aliphatic heterocycles. The predicted molar refractivity (Wildman–Crippen MR) is 328 cm³/mol. The monoisotopic (exact) mass is 1210 g/mol. The number of carbonyl (C=O) groups is 4. The smallest absolute Gasteiger partial charge is 0.330 e. The molecule has 3 aromatic rings. The molecule has 468 valence electrons. The summed E-state index contributed by atoms with van der Waals surface area (Å²) in [4.78, 5) is 53.8. The maximum atomic E-state index is 13.4. The van der Waals surface area contributed by atoms with Gasteiger partial charge in [0.1, 0.15) is 49.4 Å². The number of hydrogen-bond donors (Lipinski definition) is 0. The van der Waals surface area contributed by atoms with E-state index in [-0.39, 0.29) is 62.0 Å². The lowest BCUT2D eigenvalue weighted by atomic mass is 9.82. The van der Waals surface area contributed by atoms with Crippen LogP contribution in [0.4, 0.5) is 5.13 Å². The highest BCUT2D eigenvalue weighted by atomic mass is 32.1. The summed E-state index contributed by atoms with van der Waals surface area (Å²) in [7, 11) is 0. The molecular weight excluding hydrogens is 1120 g/mol. The van der Waals surface area contributed by atoms with E-state index in [1.54, 1.807) is 11.3 Å². The van der Waals surface area contributed by atoms with Crippen LogP contribution in [0.2, 0.25) is 0 Å². The molecule has 2 saturated carbocycles. The summed E-state index contributed by atoms with van der Waals surface area (Å²) in [5, 5.41) is 7.93. The van der Waals surface area contributed by atoms with Gasteiger partial charge in [0.05, 0.1) is 106 Å². The number of benzene rings is 2. The normalized spacial score (nSPS) is 18.6. The van der Waals surface area contributed by atoms with E-state index in [4.69, 9.17) is 66.9 Å². The van der Waals surface area contributed by atoms with E-state index in [0.29, 0.717) is 115 Å². The first kappa shape index (κ1) is 66.7. The Kier molecular flexibility index (Phi) is 29.7. The maximum Gasteiger partial charge on any atom is 0.330 e. The van der Waals surface area contributed by atoms with Crippen LogP contribution in [0.15, 0.2) is 120 Å². The summed E-state index contributed by atoms with van der Waals surface area (Å²) in [6.45, 7) is 14.7. The number of anilines is 1. The molecule has 4 aliphatic rings. The van der Waals surface area contributed by atoms with Gasteiger partial charge in [-0.3, -0.25) is 9.59 Å². The van der Waals surface area contributed by atoms with Gasteiger partial charge >= 0.3 is 23.9 Å². The molecule has 0 spiro atoms. The molecule has 7 rings (SSSR count). The van der Waals surface area contributed by atoms with Crippen molar-refractivity contribution >= 4 is 56.8 Å². The lowest BCUT2D eigenvalue weighted by Gasteiger charge is -2.28. The predicted octanol–water partition coefficient (Wildman–Crippen LogP) is 11.9. The number of thiazole rings is 1. The third-order valence-corrected chi connectivity index (χ3v) is 16.1. The number of unbranched alkanes of at least 4 members (excludes halogenated alkanes) is 3. The first-order valence-electron chi connectivity index (χ1n) is 30.6. The van der Waals surface area contributed by atoms with Gasteiger partial charge in [-0.2, -0.15) is 5.10 Å². The number of para-hydroxylation sites is 1. The second-order valence-electron chi connectivity index (χ2n) is 21.4. The summed E-state index contributed by atoms with van der Waals surface area (Å²) in [5.74, 6) is 3.23. The average Bonchev–Trinajstić information content (AvgIpc) is 3.47. The highest BCUT2D eigenvalue weighted by molar-refractivity contribution is 7.22. The standard InChI is InChI=1S/C66H87N3O16S/c1-4-7-8-11-32-69(66-68-59-12-9-10-13-61(59)86-66)67-46-53-45-58(82-47-49-14-18-51(19-15-49)64(72)84-56-26-22-54(23-27-56)78-41-37-74-33-35-76-39-43-80-62(70)5-2)30-31-60(53)83-48-50-16-20-52(21-17-50)65(73)85-57-28-24-55(25-29-57)79-42-38-75-34-36-77-40-44-81-63(71)6-3/h5-6,9-10,12-13,22,24,26,28,30-31,45-46,49-52H,2-4,7-8,11,14-21,23,25,27,29,32-44,47-48H2,1H3/b67-46+. The Morgan fingerprint density at radius 3 is 1.59 bits per heavy atom. The van der Waals surface area contributed by atoms with Crippen LogP contribution in [-0.4, -0.2) is 134 Å². The number of hydrazone groups is 1. The van der Waals surface area contributed by atoms with E-state index in [9.17, 15) is 19.2 Å². The first-order valence-corrected chi connectivity index (χ1v) is 31.4. The van der Waals surface area contributed by atoms with Crippen LogP contribution in [0.5, 0.6) is 11.5 Å². The molecule has 1 heterocycles. The minimum atomic E-state index is -0.477. The Balaban J connectivity index is 0.853. The molecule has 1 aromatic heterocycles. The minimum absolute atomic E-state index is 0.166. The SMILES string of the molecule is C=CC(=O)OCCOCCOCCOC1=CC=C(OC(=O)C2CCC(COc3ccc(OCC4CCC(C(=O)OC5=CC=C(OCCOCCOCCOC(=O)C=C)CC5)CC4)c(/C=N/N(CCCCCC)c4nc5ccccc5s4)c3)CC2)CC1. The molecule has 0 atom stereocenters. The number of hydrogen-bond acceptors (Lipinski definition) is 20. The number of allylic oxidation sites excluding steroid dienone is 8. The summed E-state index contributed by atoms with van der Waals surface area (Å²) >= 11 is 1.63. The highest BCUT2D eigenvalue weighted by Gasteiger charge is 2.31. The third kappa shape index (κ3) is 24.1. The van der Waals surface area contributed by atoms with E-state index in [0.717, 1.165) is 128 Å². The lowest BCUT2D eigenvalue weighted by molar-refractivity contribution is -0.147. The molecule has 0 unspecified atom stereocenters. The molecule has 0 saturated heterocycles. The molecule has 0 N–H and O–H groups in total. The van der Waals surface area contributed by atoms with E-state index in [2.05, 4.69) is 26.1 Å². The zero-order valence-corrected chi connectivity index (χ0v) is 50.8. The zero-order valence-electron chi connectivity index (χ0n) is 50.0. The van der Waals surface area contributed by atoms with Gasteiger partial charge in [0.15, 0.2) is 0 Å². The Bertz CT molecular complexity index is 2740. The van der Waals surface area contributed by atoms with Gasteiger partial charge in [-0.25, -0.2) is 19.6 Å². The van der Waals surface area contributed by atoms with E-state index in [1.807, 2.05) is 71.9 Å². The van der Waals surface area contributed by atoms with Crippen LogP contribution >= 0.6 is 11.3 Å². The molecule has 2 fully saturated rings. The number of carbonyl (C=O) groups excluding carboxylic acids is 4. The van der Waals surface area contributed by atoms with Crippen molar-refractivity contribution < 1.29 is 76.0 Å². The zero-order chi connectivity index (χ0) is 60.4. The van der Waals surface area contributed by atoms with Gasteiger partial charge in [-0.05, 0) is 124 Å². The number of fused-ring (bicyclic) bond motifs is 1. The van der Waals surface area contributed by atoms with Gasteiger partial charge < -0.3 is 56.8 Å². The van der Waals surface area contributed by atoms with Gasteiger partial charge in [0.2, 0.25) is 5.13 Å². The minimum Gasteiger partial charge on any atom is -0.496 e. The Morgan fingerprint density at radius 1 is 0.581 bits per heavy atom. The van der Waals surface area contributed by atoms with E-state index >= 15 is 0 Å². The van der Waals surface area contributed by atoms with Crippen molar-refractivity contribution in [1.82, 2.24) is 4.98 Å². The van der Waals surface area contributed by atoms with Crippen LogP contribution in [0.3, 0.4) is 0 Å². The second kappa shape index (κ2) is 38.3. The Labute approximate surface area is 510 Å². The summed E-state index contributed by atoms with van der Waals surface area (Å²) in [6.07, 6.45) is 24.5. The molecule has 0 bridgehead atoms. The molecule has 0 radical (unpaired) electrons. The van der Waals surface area contributed by atoms with Gasteiger partial charge in [0, 0.05) is 49.9 Å². The second-order valence-corrected chi connectivity index (χ2v) is 22.4. The highest BCUT2D eigenvalue weighted by Crippen LogP contribution is 2.36. The summed E-state index contributed by atoms with van der Waals surface area (Å²) in [6, 6.07) is 14.1. The molecule has 4 aliphatic carbocycles. The number of nitrogens with zero attached hydrogens (tertiary/aromatic N) is 3. The van der Waals surface area contributed by atoms with Crippen LogP contribution in [0.25, 0.3) is 10.2 Å². The van der Waals surface area contributed by atoms with Crippen molar-refractivity contribution in [3.63, 3.8) is 0 Å². The fourth-order valence-corrected chi connectivity index (χ4v) is 11.0. The van der Waals surface area contributed by atoms with E-state index < -0.39 is 11.9 Å². The Morgan fingerprint density at radius 2 is 1.08 bits per heavy atom. The van der Waals surface area contributed by atoms with Crippen LogP contribution < -0.4 is 14.5 Å². The molecule has 20 heteroatoms. The number of ether oxygens (including phenoxy) is 12. The van der Waals surface area contributed by atoms with Crippen molar-refractivity contribution in [2.24, 2.45) is 28.8 Å². The molecular formula is C66H87N3O16S. The number of esters is 4. The number of rotatable bonds is 40. The number of aromatic nitrogens is 1. The molecule has 86 heavy (non-hydrogen) atoms. The van der Waals surface area contributed by atoms with Gasteiger partial charge in [0.25, 0.3) is 0 Å². The van der Waals surface area contributed by atoms with Crippen molar-refractivity contribution in [2.45, 2.75) is 110 Å². The first-order chi connectivity index (χ1) is 42.2. The van der Waals surface area contributed by atoms with Crippen molar-refractivity contribution in [1.29, 1.82) is 0 Å². The van der Waals surface area contributed by atoms with Crippen LogP contribution in [0, 0.1) is 23.7 Å². The molecule has 0 amide bonds. The van der Waals surface area contributed by atoms with Crippen molar-refractivity contribution in [2.75, 3.05) is 104 Å². The van der Waals surface area contributed by atoms with Gasteiger partial charge in [-0.1, -0.05) is 62.8 Å². The lowest BCUT2D eigenvalue weighted by Crippen LogP contribution is -2.26. The maximum absolute atomic E-state index is 13.4. The summed E-state index contributed by atoms with van der Waals surface area (Å²) < 4.78 is 69.4. The van der Waals surface area contributed by atoms with Crippen LogP contribution in [-0.2, 0) is 66.5 Å². The quantitative estimate of drug-likeness (QED) is 0.0129. The summed E-state index contributed by atoms with van der Waals surface area (Å²) in [5.41, 5.74) is 1.75. The van der Waals surface area contributed by atoms with Crippen LogP contribution in [0.1, 0.15) is 115 Å². The van der Waals surface area contributed by atoms with E-state index in [1.165, 1.54) is 0 Å². The fourth-order valence-electron chi connectivity index (χ4n) is 10.1. The largest absolute Gasteiger partial charge is 0.496 e. The third-order valence-electron chi connectivity index (χ3n) is 15.0. The Hall–Kier alpha value is -6.84. The molecule has 19 nitrogen and oxygen atoms in total. The average molecular weight is 1210 g/mol. The fraction of sp³-hybridized carbons (Fsp3) is 0.545. The van der Waals surface area contributed by atoms with Crippen molar-refractivity contribution in [3.05, 3.63) is 121 Å².